The quantitative estimate of drug-likeness (QED) is 0.464. The SMILES string of the molecule is F[B-](F)(F)c1cncc(OCOCc2ccccc2)c1. The van der Waals surface area contributed by atoms with Crippen molar-refractivity contribution in [1.82, 2.24) is 4.98 Å². The predicted octanol–water partition coefficient (Wildman–Crippen LogP) is 2.69. The van der Waals surface area contributed by atoms with Crippen LogP contribution >= 0.6 is 0 Å². The second-order valence-electron chi connectivity index (χ2n) is 4.12. The number of aromatic nitrogens is 1. The van der Waals surface area contributed by atoms with E-state index in [2.05, 4.69) is 4.98 Å². The third-order valence-electron chi connectivity index (χ3n) is 2.53. The van der Waals surface area contributed by atoms with E-state index in [-0.39, 0.29) is 12.5 Å². The van der Waals surface area contributed by atoms with Gasteiger partial charge in [-0.2, -0.15) is 0 Å². The first-order chi connectivity index (χ1) is 9.55. The van der Waals surface area contributed by atoms with Gasteiger partial charge in [-0.15, -0.1) is 0 Å². The van der Waals surface area contributed by atoms with E-state index in [9.17, 15) is 12.9 Å². The highest BCUT2D eigenvalue weighted by Gasteiger charge is 2.26. The molecule has 0 N–H and O–H groups in total. The molecule has 0 amide bonds. The van der Waals surface area contributed by atoms with Crippen LogP contribution in [0.5, 0.6) is 5.75 Å². The minimum Gasteiger partial charge on any atom is -0.466 e. The van der Waals surface area contributed by atoms with Crippen LogP contribution in [0.25, 0.3) is 0 Å². The van der Waals surface area contributed by atoms with Gasteiger partial charge in [-0.05, 0) is 11.6 Å². The number of hydrogen-bond donors (Lipinski definition) is 0. The minimum atomic E-state index is -5.07. The molecular formula is C13H12BF3NO2-. The molecule has 3 nitrogen and oxygen atoms in total. The van der Waals surface area contributed by atoms with Gasteiger partial charge in [0.1, 0.15) is 5.75 Å². The zero-order chi connectivity index (χ0) is 14.4. The van der Waals surface area contributed by atoms with Gasteiger partial charge >= 0.3 is 6.98 Å². The molecule has 0 atom stereocenters. The molecule has 20 heavy (non-hydrogen) atoms. The van der Waals surface area contributed by atoms with Crippen molar-refractivity contribution in [2.75, 3.05) is 6.79 Å². The Morgan fingerprint density at radius 3 is 2.50 bits per heavy atom. The van der Waals surface area contributed by atoms with E-state index in [4.69, 9.17) is 9.47 Å². The molecule has 2 rings (SSSR count). The number of pyridine rings is 1. The molecule has 2 aromatic rings. The molecule has 0 aliphatic heterocycles. The summed E-state index contributed by atoms with van der Waals surface area (Å²) in [4.78, 5) is 3.50. The zero-order valence-corrected chi connectivity index (χ0v) is 10.5. The fraction of sp³-hybridized carbons (Fsp3) is 0.154. The number of ether oxygens (including phenoxy) is 2. The van der Waals surface area contributed by atoms with Crippen LogP contribution in [0.15, 0.2) is 48.8 Å². The first-order valence-electron chi connectivity index (χ1n) is 5.95. The van der Waals surface area contributed by atoms with E-state index in [1.807, 2.05) is 30.3 Å². The number of nitrogens with zero attached hydrogens (tertiary/aromatic N) is 1. The van der Waals surface area contributed by atoms with Crippen molar-refractivity contribution in [3.63, 3.8) is 0 Å². The summed E-state index contributed by atoms with van der Waals surface area (Å²) in [6.45, 7) is -4.87. The van der Waals surface area contributed by atoms with E-state index >= 15 is 0 Å². The molecule has 0 saturated heterocycles. The summed E-state index contributed by atoms with van der Waals surface area (Å²) >= 11 is 0. The van der Waals surface area contributed by atoms with Gasteiger partial charge in [0, 0.05) is 6.20 Å². The van der Waals surface area contributed by atoms with Gasteiger partial charge in [0.25, 0.3) is 0 Å². The Balaban J connectivity index is 1.83. The molecule has 1 heterocycles. The number of halogens is 3. The summed E-state index contributed by atoms with van der Waals surface area (Å²) < 4.78 is 47.9. The van der Waals surface area contributed by atoms with Crippen molar-refractivity contribution in [2.24, 2.45) is 0 Å². The number of benzene rings is 1. The molecule has 7 heteroatoms. The molecule has 0 spiro atoms. The standard InChI is InChI=1S/C13H12BF3NO2/c15-14(16,17)12-6-13(8-18-7-12)20-10-19-9-11-4-2-1-3-5-11/h1-8H,9-10H2/q-1. The Kier molecular flexibility index (Phi) is 4.63. The average Bonchev–Trinajstić information content (AvgIpc) is 2.44. The van der Waals surface area contributed by atoms with Gasteiger partial charge < -0.3 is 22.4 Å². The summed E-state index contributed by atoms with van der Waals surface area (Å²) in [7, 11) is 0. The fourth-order valence-corrected chi connectivity index (χ4v) is 1.54. The summed E-state index contributed by atoms with van der Waals surface area (Å²) in [6, 6.07) is 10.3. The second-order valence-corrected chi connectivity index (χ2v) is 4.12. The Morgan fingerprint density at radius 2 is 1.80 bits per heavy atom. The number of hydrogen-bond acceptors (Lipinski definition) is 3. The van der Waals surface area contributed by atoms with Crippen molar-refractivity contribution >= 4 is 12.4 Å². The second kappa shape index (κ2) is 6.43. The van der Waals surface area contributed by atoms with Crippen LogP contribution in [-0.2, 0) is 11.3 Å². The maximum Gasteiger partial charge on any atom is 0.511 e. The largest absolute Gasteiger partial charge is 0.511 e. The normalized spacial score (nSPS) is 11.3. The summed E-state index contributed by atoms with van der Waals surface area (Å²) in [6.07, 6.45) is 1.99. The molecule has 1 aromatic heterocycles. The lowest BCUT2D eigenvalue weighted by Gasteiger charge is -2.15. The Morgan fingerprint density at radius 1 is 1.05 bits per heavy atom. The van der Waals surface area contributed by atoms with Crippen LogP contribution < -0.4 is 10.2 Å². The lowest BCUT2D eigenvalue weighted by Crippen LogP contribution is -2.34. The van der Waals surface area contributed by atoms with E-state index in [1.165, 1.54) is 6.20 Å². The molecule has 0 fully saturated rings. The molecule has 0 bridgehead atoms. The lowest BCUT2D eigenvalue weighted by molar-refractivity contribution is 0.00489. The Hall–Kier alpha value is -2.02. The highest BCUT2D eigenvalue weighted by Crippen LogP contribution is 2.13. The van der Waals surface area contributed by atoms with Gasteiger partial charge in [0.2, 0.25) is 0 Å². The van der Waals surface area contributed by atoms with Crippen LogP contribution in [0.1, 0.15) is 5.56 Å². The summed E-state index contributed by atoms with van der Waals surface area (Å²) in [5.74, 6) is 0.0368. The number of rotatable bonds is 6. The van der Waals surface area contributed by atoms with E-state index in [1.54, 1.807) is 0 Å². The topological polar surface area (TPSA) is 31.4 Å². The van der Waals surface area contributed by atoms with Crippen molar-refractivity contribution in [2.45, 2.75) is 6.61 Å². The summed E-state index contributed by atoms with van der Waals surface area (Å²) in [5, 5.41) is 0. The molecular weight excluding hydrogens is 270 g/mol. The zero-order valence-electron chi connectivity index (χ0n) is 10.5. The Labute approximate surface area is 114 Å². The van der Waals surface area contributed by atoms with Crippen molar-refractivity contribution in [1.29, 1.82) is 0 Å². The molecule has 0 saturated carbocycles. The molecule has 0 aliphatic carbocycles. The first kappa shape index (κ1) is 14.4. The van der Waals surface area contributed by atoms with Crippen molar-refractivity contribution in [3.05, 3.63) is 54.4 Å². The van der Waals surface area contributed by atoms with Gasteiger partial charge in [-0.25, -0.2) is 0 Å². The van der Waals surface area contributed by atoms with Gasteiger partial charge in [-0.1, -0.05) is 35.8 Å². The predicted molar refractivity (Wildman–Crippen MR) is 69.7 cm³/mol. The van der Waals surface area contributed by atoms with Crippen molar-refractivity contribution < 1.29 is 22.4 Å². The Bertz CT molecular complexity index is 549. The van der Waals surface area contributed by atoms with Crippen LogP contribution in [0.4, 0.5) is 12.9 Å². The summed E-state index contributed by atoms with van der Waals surface area (Å²) in [5.41, 5.74) is 0.173. The fourth-order valence-electron chi connectivity index (χ4n) is 1.54. The third kappa shape index (κ3) is 4.27. The van der Waals surface area contributed by atoms with Crippen LogP contribution in [-0.4, -0.2) is 18.8 Å². The average molecular weight is 282 g/mol. The molecule has 0 radical (unpaired) electrons. The van der Waals surface area contributed by atoms with Gasteiger partial charge in [0.15, 0.2) is 6.79 Å². The van der Waals surface area contributed by atoms with Gasteiger partial charge in [0.05, 0.1) is 12.8 Å². The molecule has 0 unspecified atom stereocenters. The highest BCUT2D eigenvalue weighted by molar-refractivity contribution is 6.73. The maximum absolute atomic E-state index is 12.5. The van der Waals surface area contributed by atoms with E-state index in [0.29, 0.717) is 6.61 Å². The molecule has 0 aliphatic rings. The maximum atomic E-state index is 12.5. The van der Waals surface area contributed by atoms with Gasteiger partial charge in [-0.3, -0.25) is 4.98 Å². The molecule has 106 valence electrons. The van der Waals surface area contributed by atoms with Crippen LogP contribution in [0, 0.1) is 0 Å². The van der Waals surface area contributed by atoms with Crippen LogP contribution in [0.2, 0.25) is 0 Å². The van der Waals surface area contributed by atoms with E-state index < -0.39 is 12.4 Å². The lowest BCUT2D eigenvalue weighted by atomic mass is 9.81. The van der Waals surface area contributed by atoms with Crippen molar-refractivity contribution in [3.8, 4) is 5.75 Å². The molecule has 1 aromatic carbocycles. The monoisotopic (exact) mass is 282 g/mol. The highest BCUT2D eigenvalue weighted by atomic mass is 19.4. The van der Waals surface area contributed by atoms with Crippen LogP contribution in [0.3, 0.4) is 0 Å². The van der Waals surface area contributed by atoms with E-state index in [0.717, 1.165) is 17.8 Å². The third-order valence-corrected chi connectivity index (χ3v) is 2.53. The smallest absolute Gasteiger partial charge is 0.466 e. The minimum absolute atomic E-state index is 0.0368. The first-order valence-corrected chi connectivity index (χ1v) is 5.95.